The zero-order chi connectivity index (χ0) is 11.6. The molecule has 0 amide bonds. The fourth-order valence-corrected chi connectivity index (χ4v) is 2.61. The van der Waals surface area contributed by atoms with Crippen LogP contribution in [-0.4, -0.2) is 43.0 Å². The summed E-state index contributed by atoms with van der Waals surface area (Å²) in [5.41, 5.74) is 0. The number of hydrogen-bond donors (Lipinski definition) is 1. The lowest BCUT2D eigenvalue weighted by atomic mass is 10.1. The molecule has 0 aromatic heterocycles. The molecule has 0 bridgehead atoms. The van der Waals surface area contributed by atoms with E-state index in [1.807, 2.05) is 0 Å². The summed E-state index contributed by atoms with van der Waals surface area (Å²) in [5, 5.41) is 0. The van der Waals surface area contributed by atoms with Crippen molar-refractivity contribution < 1.29 is 4.74 Å². The standard InChI is InChI=1S/C13H27NOS/c1-2-15-13-8-7-10-14(12-13)9-5-3-4-6-11-16/h13,16H,2-12H2,1H3. The molecular formula is C13H27NOS. The zero-order valence-corrected chi connectivity index (χ0v) is 11.6. The molecule has 96 valence electrons. The van der Waals surface area contributed by atoms with Gasteiger partial charge in [0.1, 0.15) is 0 Å². The molecule has 1 unspecified atom stereocenters. The summed E-state index contributed by atoms with van der Waals surface area (Å²) < 4.78 is 5.71. The SMILES string of the molecule is CCOC1CCCN(CCCCCCS)C1. The molecule has 1 fully saturated rings. The van der Waals surface area contributed by atoms with Crippen LogP contribution in [0.1, 0.15) is 45.4 Å². The highest BCUT2D eigenvalue weighted by atomic mass is 32.1. The predicted molar refractivity (Wildman–Crippen MR) is 73.4 cm³/mol. The Balaban J connectivity index is 2.02. The van der Waals surface area contributed by atoms with Gasteiger partial charge in [-0.15, -0.1) is 0 Å². The molecule has 0 saturated carbocycles. The number of piperidine rings is 1. The van der Waals surface area contributed by atoms with Crippen molar-refractivity contribution >= 4 is 12.6 Å². The van der Waals surface area contributed by atoms with Crippen LogP contribution in [0.3, 0.4) is 0 Å². The molecule has 3 heteroatoms. The molecule has 1 heterocycles. The highest BCUT2D eigenvalue weighted by Gasteiger charge is 2.19. The zero-order valence-electron chi connectivity index (χ0n) is 10.7. The van der Waals surface area contributed by atoms with Crippen molar-refractivity contribution in [3.8, 4) is 0 Å². The van der Waals surface area contributed by atoms with Gasteiger partial charge < -0.3 is 9.64 Å². The van der Waals surface area contributed by atoms with E-state index in [1.165, 1.54) is 51.6 Å². The molecule has 0 N–H and O–H groups in total. The summed E-state index contributed by atoms with van der Waals surface area (Å²) in [6.07, 6.45) is 8.36. The van der Waals surface area contributed by atoms with E-state index in [1.54, 1.807) is 0 Å². The van der Waals surface area contributed by atoms with Gasteiger partial charge in [-0.1, -0.05) is 12.8 Å². The summed E-state index contributed by atoms with van der Waals surface area (Å²) in [5.74, 6) is 1.04. The number of thiol groups is 1. The lowest BCUT2D eigenvalue weighted by Crippen LogP contribution is -2.40. The Morgan fingerprint density at radius 3 is 2.81 bits per heavy atom. The van der Waals surface area contributed by atoms with Crippen molar-refractivity contribution in [2.24, 2.45) is 0 Å². The first kappa shape index (κ1) is 14.3. The van der Waals surface area contributed by atoms with Crippen molar-refractivity contribution in [2.45, 2.75) is 51.6 Å². The fourth-order valence-electron chi connectivity index (χ4n) is 2.39. The highest BCUT2D eigenvalue weighted by molar-refractivity contribution is 7.80. The van der Waals surface area contributed by atoms with Crippen molar-refractivity contribution in [3.63, 3.8) is 0 Å². The molecule has 1 saturated heterocycles. The lowest BCUT2D eigenvalue weighted by molar-refractivity contribution is 0.00559. The minimum absolute atomic E-state index is 0.496. The van der Waals surface area contributed by atoms with Gasteiger partial charge in [0.25, 0.3) is 0 Å². The fraction of sp³-hybridized carbons (Fsp3) is 1.00. The number of rotatable bonds is 8. The first-order chi connectivity index (χ1) is 7.86. The van der Waals surface area contributed by atoms with Gasteiger partial charge >= 0.3 is 0 Å². The number of unbranched alkanes of at least 4 members (excludes halogenated alkanes) is 3. The van der Waals surface area contributed by atoms with Gasteiger partial charge in [0, 0.05) is 13.2 Å². The average Bonchev–Trinajstić information content (AvgIpc) is 2.30. The number of ether oxygens (including phenoxy) is 1. The van der Waals surface area contributed by atoms with Gasteiger partial charge in [0.15, 0.2) is 0 Å². The van der Waals surface area contributed by atoms with Crippen LogP contribution in [0.15, 0.2) is 0 Å². The number of likely N-dealkylation sites (tertiary alicyclic amines) is 1. The van der Waals surface area contributed by atoms with Crippen LogP contribution >= 0.6 is 12.6 Å². The van der Waals surface area contributed by atoms with E-state index >= 15 is 0 Å². The molecule has 16 heavy (non-hydrogen) atoms. The second kappa shape index (κ2) is 9.32. The van der Waals surface area contributed by atoms with Crippen molar-refractivity contribution in [1.29, 1.82) is 0 Å². The van der Waals surface area contributed by atoms with Gasteiger partial charge in [0.05, 0.1) is 6.10 Å². The lowest BCUT2D eigenvalue weighted by Gasteiger charge is -2.32. The third-order valence-corrected chi connectivity index (χ3v) is 3.56. The minimum Gasteiger partial charge on any atom is -0.377 e. The third-order valence-electron chi connectivity index (χ3n) is 3.25. The van der Waals surface area contributed by atoms with Crippen LogP contribution in [0.4, 0.5) is 0 Å². The first-order valence-corrected chi connectivity index (χ1v) is 7.45. The topological polar surface area (TPSA) is 12.5 Å². The van der Waals surface area contributed by atoms with E-state index in [-0.39, 0.29) is 0 Å². The molecule has 1 aliphatic rings. The Bertz CT molecular complexity index is 164. The Labute approximate surface area is 106 Å². The molecule has 1 rings (SSSR count). The minimum atomic E-state index is 0.496. The van der Waals surface area contributed by atoms with E-state index in [9.17, 15) is 0 Å². The predicted octanol–water partition coefficient (Wildman–Crippen LogP) is 2.98. The highest BCUT2D eigenvalue weighted by Crippen LogP contribution is 2.14. The normalized spacial score (nSPS) is 22.5. The molecule has 1 aliphatic heterocycles. The number of hydrogen-bond acceptors (Lipinski definition) is 3. The second-order valence-corrected chi connectivity index (χ2v) is 5.11. The van der Waals surface area contributed by atoms with Crippen LogP contribution in [0.2, 0.25) is 0 Å². The molecule has 0 aliphatic carbocycles. The summed E-state index contributed by atoms with van der Waals surface area (Å²) >= 11 is 4.23. The summed E-state index contributed by atoms with van der Waals surface area (Å²) in [7, 11) is 0. The molecule has 0 aromatic carbocycles. The van der Waals surface area contributed by atoms with Crippen LogP contribution in [0.5, 0.6) is 0 Å². The van der Waals surface area contributed by atoms with Gasteiger partial charge in [-0.25, -0.2) is 0 Å². The van der Waals surface area contributed by atoms with E-state index in [0.29, 0.717) is 6.10 Å². The maximum atomic E-state index is 5.71. The monoisotopic (exact) mass is 245 g/mol. The van der Waals surface area contributed by atoms with Crippen molar-refractivity contribution in [3.05, 3.63) is 0 Å². The Hall–Kier alpha value is 0.270. The Kier molecular flexibility index (Phi) is 8.34. The van der Waals surface area contributed by atoms with Crippen LogP contribution in [-0.2, 0) is 4.74 Å². The average molecular weight is 245 g/mol. The third kappa shape index (κ3) is 6.12. The second-order valence-electron chi connectivity index (χ2n) is 4.66. The van der Waals surface area contributed by atoms with E-state index in [0.717, 1.165) is 18.9 Å². The Morgan fingerprint density at radius 2 is 2.06 bits per heavy atom. The van der Waals surface area contributed by atoms with Crippen LogP contribution < -0.4 is 0 Å². The van der Waals surface area contributed by atoms with Crippen LogP contribution in [0.25, 0.3) is 0 Å². The molecular weight excluding hydrogens is 218 g/mol. The molecule has 0 aromatic rings. The van der Waals surface area contributed by atoms with Gasteiger partial charge in [-0.2, -0.15) is 12.6 Å². The summed E-state index contributed by atoms with van der Waals surface area (Å²) in [6.45, 7) is 6.64. The van der Waals surface area contributed by atoms with E-state index < -0.39 is 0 Å². The van der Waals surface area contributed by atoms with Crippen molar-refractivity contribution in [2.75, 3.05) is 32.0 Å². The summed E-state index contributed by atoms with van der Waals surface area (Å²) in [6, 6.07) is 0. The molecule has 0 spiro atoms. The van der Waals surface area contributed by atoms with Gasteiger partial charge in [0.2, 0.25) is 0 Å². The smallest absolute Gasteiger partial charge is 0.0702 e. The quantitative estimate of drug-likeness (QED) is 0.521. The molecule has 1 atom stereocenters. The van der Waals surface area contributed by atoms with Crippen molar-refractivity contribution in [1.82, 2.24) is 4.90 Å². The molecule has 2 nitrogen and oxygen atoms in total. The van der Waals surface area contributed by atoms with E-state index in [2.05, 4.69) is 24.5 Å². The van der Waals surface area contributed by atoms with E-state index in [4.69, 9.17) is 4.74 Å². The Morgan fingerprint density at radius 1 is 1.25 bits per heavy atom. The van der Waals surface area contributed by atoms with Gasteiger partial charge in [-0.05, 0) is 51.4 Å². The number of nitrogens with zero attached hydrogens (tertiary/aromatic N) is 1. The van der Waals surface area contributed by atoms with Gasteiger partial charge in [-0.3, -0.25) is 0 Å². The summed E-state index contributed by atoms with van der Waals surface area (Å²) in [4.78, 5) is 2.57. The molecule has 0 radical (unpaired) electrons. The maximum absolute atomic E-state index is 5.71. The largest absolute Gasteiger partial charge is 0.377 e. The maximum Gasteiger partial charge on any atom is 0.0702 e. The first-order valence-electron chi connectivity index (χ1n) is 6.81. The van der Waals surface area contributed by atoms with Crippen LogP contribution in [0, 0.1) is 0 Å².